The highest BCUT2D eigenvalue weighted by atomic mass is 19.2. The molecule has 0 fully saturated rings. The summed E-state index contributed by atoms with van der Waals surface area (Å²) >= 11 is 0. The van der Waals surface area contributed by atoms with Crippen molar-refractivity contribution in [3.05, 3.63) is 70.9 Å². The summed E-state index contributed by atoms with van der Waals surface area (Å²) in [5.74, 6) is -7.25. The van der Waals surface area contributed by atoms with E-state index in [-0.39, 0.29) is 11.1 Å². The van der Waals surface area contributed by atoms with Crippen molar-refractivity contribution in [1.82, 2.24) is 10.2 Å². The molecule has 0 amide bonds. The van der Waals surface area contributed by atoms with Crippen molar-refractivity contribution >= 4 is 21.5 Å². The van der Waals surface area contributed by atoms with Gasteiger partial charge < -0.3 is 0 Å². The summed E-state index contributed by atoms with van der Waals surface area (Å²) in [6.45, 7) is 5.99. The largest absolute Gasteiger partial charge is 0.203 e. The number of hydrogen-bond acceptors (Lipinski definition) is 3. The molecule has 0 aliphatic carbocycles. The van der Waals surface area contributed by atoms with Crippen molar-refractivity contribution in [2.75, 3.05) is 0 Å². The van der Waals surface area contributed by atoms with Crippen molar-refractivity contribution in [2.45, 2.75) is 26.2 Å². The van der Waals surface area contributed by atoms with Gasteiger partial charge in [0.05, 0.1) is 10.8 Å². The molecule has 0 bridgehead atoms. The van der Waals surface area contributed by atoms with E-state index in [9.17, 15) is 22.8 Å². The molecule has 30 heavy (non-hydrogen) atoms. The zero-order valence-electron chi connectivity index (χ0n) is 16.3. The molecule has 3 nitrogen and oxygen atoms in total. The van der Waals surface area contributed by atoms with Crippen molar-refractivity contribution in [1.29, 1.82) is 5.26 Å². The van der Waals surface area contributed by atoms with E-state index in [1.54, 1.807) is 18.2 Å². The van der Waals surface area contributed by atoms with E-state index in [2.05, 4.69) is 10.2 Å². The lowest BCUT2D eigenvalue weighted by atomic mass is 9.82. The Morgan fingerprint density at radius 1 is 0.833 bits per heavy atom. The van der Waals surface area contributed by atoms with E-state index in [1.165, 1.54) is 0 Å². The molecule has 4 rings (SSSR count). The van der Waals surface area contributed by atoms with Gasteiger partial charge in [0.15, 0.2) is 29.0 Å². The van der Waals surface area contributed by atoms with Gasteiger partial charge in [-0.25, -0.2) is 17.6 Å². The number of halogens is 4. The van der Waals surface area contributed by atoms with Crippen molar-refractivity contribution in [2.24, 2.45) is 0 Å². The first-order valence-corrected chi connectivity index (χ1v) is 9.11. The summed E-state index contributed by atoms with van der Waals surface area (Å²) < 4.78 is 57.2. The Hall–Kier alpha value is -3.53. The third kappa shape index (κ3) is 2.88. The first kappa shape index (κ1) is 19.8. The highest BCUT2D eigenvalue weighted by Gasteiger charge is 2.27. The SMILES string of the molecule is CC(C)(C)c1cc(-c2nnc(C#N)c3c(F)c(F)c(F)c(F)c23)cc2ccccc12. The first-order chi connectivity index (χ1) is 14.1. The quantitative estimate of drug-likeness (QED) is 0.214. The van der Waals surface area contributed by atoms with Crippen molar-refractivity contribution in [3.8, 4) is 17.3 Å². The molecular formula is C23H15F4N3. The molecule has 0 saturated heterocycles. The number of nitrogens with zero attached hydrogens (tertiary/aromatic N) is 3. The fourth-order valence-electron chi connectivity index (χ4n) is 3.62. The second kappa shape index (κ2) is 6.77. The van der Waals surface area contributed by atoms with Gasteiger partial charge in [-0.1, -0.05) is 45.0 Å². The lowest BCUT2D eigenvalue weighted by molar-refractivity contribution is 0.417. The smallest absolute Gasteiger partial charge is 0.198 e. The van der Waals surface area contributed by atoms with Gasteiger partial charge in [0.2, 0.25) is 0 Å². The molecule has 1 aromatic heterocycles. The minimum absolute atomic E-state index is 0.171. The molecule has 0 saturated carbocycles. The molecule has 150 valence electrons. The van der Waals surface area contributed by atoms with Crippen LogP contribution in [0.25, 0.3) is 32.8 Å². The van der Waals surface area contributed by atoms with Crippen LogP contribution in [0.5, 0.6) is 0 Å². The number of rotatable bonds is 1. The summed E-state index contributed by atoms with van der Waals surface area (Å²) in [5, 5.41) is 17.1. The lowest BCUT2D eigenvalue weighted by Gasteiger charge is -2.23. The number of nitriles is 1. The molecule has 4 aromatic rings. The Bertz CT molecular complexity index is 1380. The molecule has 0 aliphatic heterocycles. The molecule has 0 unspecified atom stereocenters. The standard InChI is InChI=1S/C23H15F4N3/c1-23(2,3)14-9-12(8-11-6-4-5-7-13(11)14)22-17-16(15(10-28)29-30-22)18(24)20(26)21(27)19(17)25/h4-9H,1-3H3. The first-order valence-electron chi connectivity index (χ1n) is 9.11. The summed E-state index contributed by atoms with van der Waals surface area (Å²) in [6.07, 6.45) is 0. The zero-order valence-corrected chi connectivity index (χ0v) is 16.3. The summed E-state index contributed by atoms with van der Waals surface area (Å²) in [7, 11) is 0. The van der Waals surface area contributed by atoms with Gasteiger partial charge in [0.1, 0.15) is 11.8 Å². The van der Waals surface area contributed by atoms with E-state index >= 15 is 0 Å². The van der Waals surface area contributed by atoms with Crippen LogP contribution in [0.15, 0.2) is 36.4 Å². The van der Waals surface area contributed by atoms with Gasteiger partial charge in [-0.15, -0.1) is 10.2 Å². The Balaban J connectivity index is 2.19. The second-order valence-corrected chi connectivity index (χ2v) is 8.01. The predicted octanol–water partition coefficient (Wildman–Crippen LogP) is 6.18. The van der Waals surface area contributed by atoms with E-state index in [1.807, 2.05) is 45.0 Å². The molecule has 0 radical (unpaired) electrons. The maximum absolute atomic E-state index is 14.8. The van der Waals surface area contributed by atoms with E-state index < -0.39 is 39.7 Å². The monoisotopic (exact) mass is 409 g/mol. The molecule has 0 aliphatic rings. The van der Waals surface area contributed by atoms with Gasteiger partial charge in [0.25, 0.3) is 0 Å². The van der Waals surface area contributed by atoms with Crippen LogP contribution >= 0.6 is 0 Å². The molecule has 1 heterocycles. The predicted molar refractivity (Wildman–Crippen MR) is 106 cm³/mol. The van der Waals surface area contributed by atoms with Crippen LogP contribution < -0.4 is 0 Å². The van der Waals surface area contributed by atoms with E-state index in [4.69, 9.17) is 0 Å². The second-order valence-electron chi connectivity index (χ2n) is 8.01. The molecule has 7 heteroatoms. The Morgan fingerprint density at radius 3 is 2.10 bits per heavy atom. The van der Waals surface area contributed by atoms with Crippen molar-refractivity contribution < 1.29 is 17.6 Å². The summed E-state index contributed by atoms with van der Waals surface area (Å²) in [4.78, 5) is 0. The van der Waals surface area contributed by atoms with Crippen LogP contribution in [0.4, 0.5) is 17.6 Å². The Labute approximate surface area is 169 Å². The summed E-state index contributed by atoms with van der Waals surface area (Å²) in [5.41, 5.74) is 0.145. The number of fused-ring (bicyclic) bond motifs is 2. The minimum Gasteiger partial charge on any atom is -0.203 e. The van der Waals surface area contributed by atoms with Crippen LogP contribution in [-0.2, 0) is 5.41 Å². The Morgan fingerprint density at radius 2 is 1.47 bits per heavy atom. The van der Waals surface area contributed by atoms with Gasteiger partial charge in [-0.2, -0.15) is 5.26 Å². The average molecular weight is 409 g/mol. The number of benzene rings is 3. The van der Waals surface area contributed by atoms with Crippen molar-refractivity contribution in [3.63, 3.8) is 0 Å². The topological polar surface area (TPSA) is 49.6 Å². The molecule has 0 atom stereocenters. The van der Waals surface area contributed by atoms with Crippen LogP contribution in [0.1, 0.15) is 32.0 Å². The lowest BCUT2D eigenvalue weighted by Crippen LogP contribution is -2.12. The normalized spacial score (nSPS) is 11.8. The third-order valence-electron chi connectivity index (χ3n) is 5.04. The molecule has 3 aromatic carbocycles. The fraction of sp³-hybridized carbons (Fsp3) is 0.174. The average Bonchev–Trinajstić information content (AvgIpc) is 2.73. The number of hydrogen-bond donors (Lipinski definition) is 0. The zero-order chi connectivity index (χ0) is 21.8. The molecule has 0 spiro atoms. The van der Waals surface area contributed by atoms with Crippen LogP contribution in [0.2, 0.25) is 0 Å². The van der Waals surface area contributed by atoms with Gasteiger partial charge in [0, 0.05) is 5.56 Å². The van der Waals surface area contributed by atoms with Gasteiger partial charge in [-0.05, 0) is 33.9 Å². The van der Waals surface area contributed by atoms with E-state index in [0.29, 0.717) is 5.56 Å². The third-order valence-corrected chi connectivity index (χ3v) is 5.04. The van der Waals surface area contributed by atoms with Gasteiger partial charge >= 0.3 is 0 Å². The van der Waals surface area contributed by atoms with Crippen LogP contribution in [0, 0.1) is 34.6 Å². The molecular weight excluding hydrogens is 394 g/mol. The fourth-order valence-corrected chi connectivity index (χ4v) is 3.62. The maximum Gasteiger partial charge on any atom is 0.198 e. The highest BCUT2D eigenvalue weighted by Crippen LogP contribution is 2.38. The van der Waals surface area contributed by atoms with Crippen LogP contribution in [-0.4, -0.2) is 10.2 Å². The Kier molecular flexibility index (Phi) is 4.46. The number of aromatic nitrogens is 2. The highest BCUT2D eigenvalue weighted by molar-refractivity contribution is 6.00. The van der Waals surface area contributed by atoms with Crippen LogP contribution in [0.3, 0.4) is 0 Å². The van der Waals surface area contributed by atoms with E-state index in [0.717, 1.165) is 16.3 Å². The van der Waals surface area contributed by atoms with Gasteiger partial charge in [-0.3, -0.25) is 0 Å². The maximum atomic E-state index is 14.8. The summed E-state index contributed by atoms with van der Waals surface area (Å²) in [6, 6.07) is 12.5. The molecule has 0 N–H and O–H groups in total. The minimum atomic E-state index is -2.00.